The molecule has 5 atom stereocenters. The third-order valence-electron chi connectivity index (χ3n) is 6.20. The average molecular weight is 390 g/mol. The molecule has 0 aromatic heterocycles. The summed E-state index contributed by atoms with van der Waals surface area (Å²) >= 11 is 5.78. The highest BCUT2D eigenvalue weighted by molar-refractivity contribution is 6.30. The number of esters is 1. The second-order valence-electron chi connectivity index (χ2n) is 7.65. The molecule has 1 aliphatic heterocycles. The molecule has 2 bridgehead atoms. The van der Waals surface area contributed by atoms with E-state index < -0.39 is 18.6 Å². The molecule has 7 heteroatoms. The summed E-state index contributed by atoms with van der Waals surface area (Å²) in [7, 11) is 0. The van der Waals surface area contributed by atoms with Crippen molar-refractivity contribution in [1.82, 2.24) is 4.90 Å². The van der Waals surface area contributed by atoms with Gasteiger partial charge >= 0.3 is 5.97 Å². The molecule has 1 aromatic rings. The molecular weight excluding hydrogens is 370 g/mol. The van der Waals surface area contributed by atoms with Crippen LogP contribution in [0.25, 0.3) is 0 Å². The number of likely N-dealkylation sites (tertiary alicyclic amines) is 1. The lowest BCUT2D eigenvalue weighted by Crippen LogP contribution is -2.45. The van der Waals surface area contributed by atoms with Crippen molar-refractivity contribution in [3.8, 4) is 0 Å². The third-order valence-corrected chi connectivity index (χ3v) is 6.45. The summed E-state index contributed by atoms with van der Waals surface area (Å²) in [5.74, 6) is -1.67. The van der Waals surface area contributed by atoms with Crippen molar-refractivity contribution >= 4 is 35.2 Å². The Bertz CT molecular complexity index is 792. The van der Waals surface area contributed by atoms with Crippen molar-refractivity contribution in [2.45, 2.75) is 32.2 Å². The Balaban J connectivity index is 1.39. The van der Waals surface area contributed by atoms with Crippen molar-refractivity contribution in [3.63, 3.8) is 0 Å². The van der Waals surface area contributed by atoms with E-state index in [4.69, 9.17) is 16.3 Å². The van der Waals surface area contributed by atoms with Crippen LogP contribution in [-0.4, -0.2) is 41.1 Å². The van der Waals surface area contributed by atoms with Crippen molar-refractivity contribution < 1.29 is 23.9 Å². The van der Waals surface area contributed by atoms with Crippen LogP contribution in [0.3, 0.4) is 0 Å². The van der Waals surface area contributed by atoms with Crippen LogP contribution in [-0.2, 0) is 19.1 Å². The summed E-state index contributed by atoms with van der Waals surface area (Å²) in [5, 5.41) is 0.503. The molecule has 3 fully saturated rings. The van der Waals surface area contributed by atoms with Crippen LogP contribution in [0.2, 0.25) is 5.02 Å². The second kappa shape index (κ2) is 6.75. The third kappa shape index (κ3) is 2.96. The standard InChI is InChI=1S/C20H20ClNO5/c1-10(20(26)27-9-15(23)11-4-6-14(21)7-5-11)22-18(24)16-12-2-3-13(8-12)17(16)19(22)25/h4-7,10,12-13,16-17H,2-3,8-9H2,1H3/t10-,12+,13+,16-,17+/m1/s1. The first-order valence-corrected chi connectivity index (χ1v) is 9.58. The molecule has 6 nitrogen and oxygen atoms in total. The maximum Gasteiger partial charge on any atom is 0.329 e. The highest BCUT2D eigenvalue weighted by Gasteiger charge is 2.62. The molecule has 0 spiro atoms. The number of fused-ring (bicyclic) bond motifs is 5. The van der Waals surface area contributed by atoms with Gasteiger partial charge in [-0.3, -0.25) is 19.3 Å². The number of imide groups is 1. The number of nitrogens with zero attached hydrogens (tertiary/aromatic N) is 1. The molecule has 0 N–H and O–H groups in total. The van der Waals surface area contributed by atoms with E-state index in [2.05, 4.69) is 0 Å². The molecule has 4 rings (SSSR count). The summed E-state index contributed by atoms with van der Waals surface area (Å²) < 4.78 is 5.08. The largest absolute Gasteiger partial charge is 0.456 e. The number of ether oxygens (including phenoxy) is 1. The fraction of sp³-hybridized carbons (Fsp3) is 0.500. The van der Waals surface area contributed by atoms with Gasteiger partial charge in [-0.2, -0.15) is 0 Å². The van der Waals surface area contributed by atoms with Crippen molar-refractivity contribution in [3.05, 3.63) is 34.9 Å². The topological polar surface area (TPSA) is 80.8 Å². The van der Waals surface area contributed by atoms with Gasteiger partial charge in [0.05, 0.1) is 11.8 Å². The van der Waals surface area contributed by atoms with Gasteiger partial charge in [0, 0.05) is 10.6 Å². The molecule has 0 unspecified atom stereocenters. The molecular formula is C20H20ClNO5. The fourth-order valence-electron chi connectivity index (χ4n) is 4.90. The Morgan fingerprint density at radius 3 is 2.22 bits per heavy atom. The van der Waals surface area contributed by atoms with Crippen LogP contribution in [0.4, 0.5) is 0 Å². The number of rotatable bonds is 5. The summed E-state index contributed by atoms with van der Waals surface area (Å²) in [6, 6.07) is 5.23. The summed E-state index contributed by atoms with van der Waals surface area (Å²) in [6.07, 6.45) is 2.90. The normalized spacial score (nSPS) is 29.8. The van der Waals surface area contributed by atoms with Gasteiger partial charge in [-0.25, -0.2) is 4.79 Å². The molecule has 142 valence electrons. The van der Waals surface area contributed by atoms with E-state index in [-0.39, 0.29) is 41.3 Å². The van der Waals surface area contributed by atoms with E-state index in [0.29, 0.717) is 10.6 Å². The fourth-order valence-corrected chi connectivity index (χ4v) is 5.02. The van der Waals surface area contributed by atoms with E-state index in [1.54, 1.807) is 24.3 Å². The predicted octanol–water partition coefficient (Wildman–Crippen LogP) is 2.49. The van der Waals surface area contributed by atoms with Crippen LogP contribution in [0.1, 0.15) is 36.5 Å². The molecule has 27 heavy (non-hydrogen) atoms. The van der Waals surface area contributed by atoms with Crippen LogP contribution < -0.4 is 0 Å². The van der Waals surface area contributed by atoms with E-state index in [1.165, 1.54) is 6.92 Å². The van der Waals surface area contributed by atoms with Crippen molar-refractivity contribution in [2.75, 3.05) is 6.61 Å². The molecule has 2 saturated carbocycles. The average Bonchev–Trinajstić information content (AvgIpc) is 3.33. The van der Waals surface area contributed by atoms with Crippen molar-refractivity contribution in [1.29, 1.82) is 0 Å². The first kappa shape index (κ1) is 18.2. The molecule has 2 amide bonds. The van der Waals surface area contributed by atoms with Crippen LogP contribution in [0.5, 0.6) is 0 Å². The Morgan fingerprint density at radius 2 is 1.67 bits per heavy atom. The Hall–Kier alpha value is -2.21. The number of ketones is 1. The Morgan fingerprint density at radius 1 is 1.11 bits per heavy atom. The molecule has 1 aromatic carbocycles. The van der Waals surface area contributed by atoms with E-state index >= 15 is 0 Å². The second-order valence-corrected chi connectivity index (χ2v) is 8.08. The lowest BCUT2D eigenvalue weighted by molar-refractivity contribution is -0.157. The first-order chi connectivity index (χ1) is 12.9. The van der Waals surface area contributed by atoms with Gasteiger partial charge in [-0.1, -0.05) is 11.6 Å². The lowest BCUT2D eigenvalue weighted by atomic mass is 9.81. The summed E-state index contributed by atoms with van der Waals surface area (Å²) in [5.41, 5.74) is 0.374. The van der Waals surface area contributed by atoms with E-state index in [1.807, 2.05) is 0 Å². The van der Waals surface area contributed by atoms with Gasteiger partial charge in [-0.05, 0) is 62.3 Å². The van der Waals surface area contributed by atoms with Gasteiger partial charge in [0.2, 0.25) is 11.8 Å². The summed E-state index contributed by atoms with van der Waals surface area (Å²) in [6.45, 7) is 1.03. The van der Waals surface area contributed by atoms with E-state index in [0.717, 1.165) is 24.2 Å². The van der Waals surface area contributed by atoms with Crippen LogP contribution in [0, 0.1) is 23.7 Å². The number of Topliss-reactive ketones (excluding diaryl/α,β-unsaturated/α-hetero) is 1. The molecule has 1 heterocycles. The predicted molar refractivity (Wildman–Crippen MR) is 95.9 cm³/mol. The molecule has 2 aliphatic carbocycles. The monoisotopic (exact) mass is 389 g/mol. The maximum atomic E-state index is 12.7. The SMILES string of the molecule is C[C@H](C(=O)OCC(=O)c1ccc(Cl)cc1)N1C(=O)[C@@H]2[C@H]3CC[C@@H](C3)[C@@H]2C1=O. The summed E-state index contributed by atoms with van der Waals surface area (Å²) in [4.78, 5) is 51.0. The minimum Gasteiger partial charge on any atom is -0.456 e. The number of halogens is 1. The number of hydrogen-bond donors (Lipinski definition) is 0. The van der Waals surface area contributed by atoms with Gasteiger partial charge < -0.3 is 4.74 Å². The number of benzene rings is 1. The number of hydrogen-bond acceptors (Lipinski definition) is 5. The van der Waals surface area contributed by atoms with E-state index in [9.17, 15) is 19.2 Å². The first-order valence-electron chi connectivity index (χ1n) is 9.20. The number of carbonyl (C=O) groups excluding carboxylic acids is 4. The van der Waals surface area contributed by atoms with Gasteiger partial charge in [0.1, 0.15) is 6.04 Å². The maximum absolute atomic E-state index is 12.7. The zero-order chi connectivity index (χ0) is 19.3. The van der Waals surface area contributed by atoms with Gasteiger partial charge in [-0.15, -0.1) is 0 Å². The minimum absolute atomic E-state index is 0.259. The Labute approximate surface area is 161 Å². The Kier molecular flexibility index (Phi) is 4.54. The van der Waals surface area contributed by atoms with Gasteiger partial charge in [0.15, 0.2) is 12.4 Å². The number of amides is 2. The zero-order valence-electron chi connectivity index (χ0n) is 14.9. The van der Waals surface area contributed by atoms with Gasteiger partial charge in [0.25, 0.3) is 0 Å². The molecule has 3 aliphatic rings. The van der Waals surface area contributed by atoms with Crippen LogP contribution >= 0.6 is 11.6 Å². The lowest BCUT2D eigenvalue weighted by Gasteiger charge is -2.22. The van der Waals surface area contributed by atoms with Crippen molar-refractivity contribution in [2.24, 2.45) is 23.7 Å². The quantitative estimate of drug-likeness (QED) is 0.439. The smallest absolute Gasteiger partial charge is 0.329 e. The minimum atomic E-state index is -1.02. The zero-order valence-corrected chi connectivity index (χ0v) is 15.6. The number of carbonyl (C=O) groups is 4. The molecule has 1 saturated heterocycles. The highest BCUT2D eigenvalue weighted by Crippen LogP contribution is 2.56. The van der Waals surface area contributed by atoms with Crippen LogP contribution in [0.15, 0.2) is 24.3 Å². The highest BCUT2D eigenvalue weighted by atomic mass is 35.5. The molecule has 0 radical (unpaired) electrons.